The number of carbonyl (C=O) groups is 1. The maximum absolute atomic E-state index is 11.7. The number of rotatable bonds is 3. The molecule has 0 aliphatic rings. The standard InChI is InChI=1S/C12H10BrNO3/c1-8-5-10(13)17-11(8)12(15)16-7-9-3-2-4-14-6-9/h2-6H,7H2,1H3. The molecule has 0 N–H and O–H groups in total. The van der Waals surface area contributed by atoms with Gasteiger partial charge in [0.1, 0.15) is 6.61 Å². The second-order valence-corrected chi connectivity index (χ2v) is 4.28. The minimum atomic E-state index is -0.475. The van der Waals surface area contributed by atoms with Crippen molar-refractivity contribution in [1.29, 1.82) is 0 Å². The molecule has 0 atom stereocenters. The molecule has 2 rings (SSSR count). The van der Waals surface area contributed by atoms with Crippen LogP contribution in [-0.2, 0) is 11.3 Å². The van der Waals surface area contributed by atoms with E-state index in [1.165, 1.54) is 0 Å². The summed E-state index contributed by atoms with van der Waals surface area (Å²) >= 11 is 3.16. The summed E-state index contributed by atoms with van der Waals surface area (Å²) in [7, 11) is 0. The van der Waals surface area contributed by atoms with Gasteiger partial charge in [-0.25, -0.2) is 4.79 Å². The van der Waals surface area contributed by atoms with Gasteiger partial charge in [0.05, 0.1) is 0 Å². The van der Waals surface area contributed by atoms with Crippen LogP contribution in [0.15, 0.2) is 39.7 Å². The number of hydrogen-bond acceptors (Lipinski definition) is 4. The Morgan fingerprint density at radius 1 is 1.59 bits per heavy atom. The van der Waals surface area contributed by atoms with Crippen LogP contribution < -0.4 is 0 Å². The average molecular weight is 296 g/mol. The van der Waals surface area contributed by atoms with Crippen LogP contribution in [0.1, 0.15) is 21.7 Å². The van der Waals surface area contributed by atoms with Crippen molar-refractivity contribution < 1.29 is 13.9 Å². The van der Waals surface area contributed by atoms with Crippen molar-refractivity contribution in [3.63, 3.8) is 0 Å². The molecule has 2 aromatic rings. The Morgan fingerprint density at radius 2 is 2.41 bits per heavy atom. The molecule has 17 heavy (non-hydrogen) atoms. The van der Waals surface area contributed by atoms with Crippen molar-refractivity contribution in [1.82, 2.24) is 4.98 Å². The second kappa shape index (κ2) is 5.14. The first kappa shape index (κ1) is 11.9. The molecule has 88 valence electrons. The van der Waals surface area contributed by atoms with Gasteiger partial charge >= 0.3 is 5.97 Å². The Morgan fingerprint density at radius 3 is 3.00 bits per heavy atom. The Labute approximate surface area is 107 Å². The molecule has 4 nitrogen and oxygen atoms in total. The molecule has 0 aliphatic heterocycles. The molecule has 2 aromatic heterocycles. The third-order valence-corrected chi connectivity index (χ3v) is 2.56. The first-order valence-electron chi connectivity index (χ1n) is 4.99. The Hall–Kier alpha value is -1.62. The minimum Gasteiger partial charge on any atom is -0.455 e. The van der Waals surface area contributed by atoms with Crippen LogP contribution in [0.3, 0.4) is 0 Å². The lowest BCUT2D eigenvalue weighted by atomic mass is 10.3. The molecule has 0 saturated carbocycles. The first-order chi connectivity index (χ1) is 8.16. The Balaban J connectivity index is 2.01. The van der Waals surface area contributed by atoms with Crippen molar-refractivity contribution in [3.8, 4) is 0 Å². The molecule has 0 spiro atoms. The largest absolute Gasteiger partial charge is 0.455 e. The topological polar surface area (TPSA) is 52.3 Å². The van der Waals surface area contributed by atoms with E-state index in [0.29, 0.717) is 4.67 Å². The van der Waals surface area contributed by atoms with Gasteiger partial charge in [-0.1, -0.05) is 6.07 Å². The first-order valence-corrected chi connectivity index (χ1v) is 5.78. The number of ether oxygens (including phenoxy) is 1. The van der Waals surface area contributed by atoms with Gasteiger partial charge in [0.25, 0.3) is 0 Å². The summed E-state index contributed by atoms with van der Waals surface area (Å²) in [5.41, 5.74) is 1.58. The number of furan rings is 1. The van der Waals surface area contributed by atoms with Gasteiger partial charge in [0, 0.05) is 23.5 Å². The van der Waals surface area contributed by atoms with E-state index < -0.39 is 5.97 Å². The molecule has 0 bridgehead atoms. The number of carbonyl (C=O) groups excluding carboxylic acids is 1. The van der Waals surface area contributed by atoms with Crippen molar-refractivity contribution in [2.24, 2.45) is 0 Å². The molecule has 0 aliphatic carbocycles. The number of nitrogens with zero attached hydrogens (tertiary/aromatic N) is 1. The van der Waals surface area contributed by atoms with E-state index in [-0.39, 0.29) is 12.4 Å². The van der Waals surface area contributed by atoms with Crippen LogP contribution in [-0.4, -0.2) is 11.0 Å². The van der Waals surface area contributed by atoms with E-state index in [9.17, 15) is 4.79 Å². The quantitative estimate of drug-likeness (QED) is 0.817. The summed E-state index contributed by atoms with van der Waals surface area (Å²) in [4.78, 5) is 15.6. The third kappa shape index (κ3) is 2.94. The third-order valence-electron chi connectivity index (χ3n) is 2.17. The van der Waals surface area contributed by atoms with Crippen LogP contribution in [0.2, 0.25) is 0 Å². The van der Waals surface area contributed by atoms with E-state index in [2.05, 4.69) is 20.9 Å². The van der Waals surface area contributed by atoms with Crippen molar-refractivity contribution >= 4 is 21.9 Å². The van der Waals surface area contributed by atoms with Crippen LogP contribution >= 0.6 is 15.9 Å². The molecule has 0 radical (unpaired) electrons. The molecule has 2 heterocycles. The molecule has 0 aromatic carbocycles. The van der Waals surface area contributed by atoms with E-state index in [1.54, 1.807) is 31.5 Å². The number of pyridine rings is 1. The summed E-state index contributed by atoms with van der Waals surface area (Å²) in [6, 6.07) is 5.35. The minimum absolute atomic E-state index is 0.185. The predicted octanol–water partition coefficient (Wildman–Crippen LogP) is 3.10. The maximum atomic E-state index is 11.7. The fourth-order valence-corrected chi connectivity index (χ4v) is 1.85. The normalized spacial score (nSPS) is 10.2. The fraction of sp³-hybridized carbons (Fsp3) is 0.167. The molecule has 0 fully saturated rings. The lowest BCUT2D eigenvalue weighted by Gasteiger charge is -2.02. The van der Waals surface area contributed by atoms with Gasteiger partial charge in [-0.15, -0.1) is 0 Å². The van der Waals surface area contributed by atoms with E-state index >= 15 is 0 Å². The summed E-state index contributed by atoms with van der Waals surface area (Å²) < 4.78 is 10.8. The van der Waals surface area contributed by atoms with Gasteiger partial charge in [0.15, 0.2) is 4.67 Å². The molecule has 0 unspecified atom stereocenters. The number of aryl methyl sites for hydroxylation is 1. The van der Waals surface area contributed by atoms with E-state index in [1.807, 2.05) is 6.07 Å². The highest BCUT2D eigenvalue weighted by Crippen LogP contribution is 2.20. The zero-order chi connectivity index (χ0) is 12.3. The zero-order valence-corrected chi connectivity index (χ0v) is 10.7. The van der Waals surface area contributed by atoms with Crippen LogP contribution in [0.5, 0.6) is 0 Å². The van der Waals surface area contributed by atoms with E-state index in [4.69, 9.17) is 9.15 Å². The average Bonchev–Trinajstić information content (AvgIpc) is 2.67. The zero-order valence-electron chi connectivity index (χ0n) is 9.14. The maximum Gasteiger partial charge on any atom is 0.374 e. The fourth-order valence-electron chi connectivity index (χ4n) is 1.34. The van der Waals surface area contributed by atoms with Gasteiger partial charge in [-0.3, -0.25) is 4.98 Å². The predicted molar refractivity (Wildman–Crippen MR) is 64.5 cm³/mol. The highest BCUT2D eigenvalue weighted by atomic mass is 79.9. The van der Waals surface area contributed by atoms with Crippen LogP contribution in [0, 0.1) is 6.92 Å². The smallest absolute Gasteiger partial charge is 0.374 e. The lowest BCUT2D eigenvalue weighted by molar-refractivity contribution is 0.0433. The van der Waals surface area contributed by atoms with Gasteiger partial charge < -0.3 is 9.15 Å². The summed E-state index contributed by atoms with van der Waals surface area (Å²) in [5, 5.41) is 0. The van der Waals surface area contributed by atoms with Gasteiger partial charge in [0.2, 0.25) is 5.76 Å². The number of hydrogen-bond donors (Lipinski definition) is 0. The van der Waals surface area contributed by atoms with Crippen molar-refractivity contribution in [2.75, 3.05) is 0 Å². The molecular formula is C12H10BrNO3. The SMILES string of the molecule is Cc1cc(Br)oc1C(=O)OCc1cccnc1. The Bertz CT molecular complexity index is 522. The van der Waals surface area contributed by atoms with Crippen LogP contribution in [0.4, 0.5) is 0 Å². The van der Waals surface area contributed by atoms with Gasteiger partial charge in [-0.05, 0) is 35.0 Å². The molecular weight excluding hydrogens is 286 g/mol. The molecule has 0 amide bonds. The number of esters is 1. The highest BCUT2D eigenvalue weighted by molar-refractivity contribution is 9.10. The van der Waals surface area contributed by atoms with Gasteiger partial charge in [-0.2, -0.15) is 0 Å². The Kier molecular flexibility index (Phi) is 3.58. The summed E-state index contributed by atoms with van der Waals surface area (Å²) in [6.45, 7) is 1.97. The molecule has 0 saturated heterocycles. The molecule has 5 heteroatoms. The second-order valence-electron chi connectivity index (χ2n) is 3.50. The monoisotopic (exact) mass is 295 g/mol. The van der Waals surface area contributed by atoms with Crippen LogP contribution in [0.25, 0.3) is 0 Å². The summed E-state index contributed by atoms with van der Waals surface area (Å²) in [6.07, 6.45) is 3.32. The van der Waals surface area contributed by atoms with Crippen molar-refractivity contribution in [2.45, 2.75) is 13.5 Å². The summed E-state index contributed by atoms with van der Waals surface area (Å²) in [5.74, 6) is -0.252. The number of halogens is 1. The number of aromatic nitrogens is 1. The van der Waals surface area contributed by atoms with E-state index in [0.717, 1.165) is 11.1 Å². The van der Waals surface area contributed by atoms with Crippen molar-refractivity contribution in [3.05, 3.63) is 52.1 Å². The highest BCUT2D eigenvalue weighted by Gasteiger charge is 2.16. The lowest BCUT2D eigenvalue weighted by Crippen LogP contribution is -2.05.